The Bertz CT molecular complexity index is 957. The molecule has 0 aromatic heterocycles. The van der Waals surface area contributed by atoms with Crippen molar-refractivity contribution in [2.45, 2.75) is 25.7 Å². The van der Waals surface area contributed by atoms with Crippen molar-refractivity contribution in [3.63, 3.8) is 0 Å². The first-order chi connectivity index (χ1) is 15.6. The topological polar surface area (TPSA) is 103 Å². The zero-order valence-electron chi connectivity index (χ0n) is 18.1. The summed E-state index contributed by atoms with van der Waals surface area (Å²) in [7, 11) is 0. The molecule has 8 nitrogen and oxygen atoms in total. The van der Waals surface area contributed by atoms with Crippen molar-refractivity contribution in [3.05, 3.63) is 48.0 Å². The van der Waals surface area contributed by atoms with Crippen LogP contribution >= 0.6 is 0 Å². The highest BCUT2D eigenvalue weighted by Gasteiger charge is 2.23. The lowest BCUT2D eigenvalue weighted by molar-refractivity contribution is -0.139. The Hall–Kier alpha value is -3.10. The van der Waals surface area contributed by atoms with Crippen LogP contribution in [0.1, 0.15) is 24.0 Å². The van der Waals surface area contributed by atoms with Crippen LogP contribution in [-0.2, 0) is 31.8 Å². The first-order valence-electron chi connectivity index (χ1n) is 10.8. The van der Waals surface area contributed by atoms with Crippen molar-refractivity contribution >= 4 is 22.8 Å². The molecule has 1 amide bonds. The fraction of sp³-hybridized carbons (Fsp3) is 0.417. The third kappa shape index (κ3) is 6.21. The summed E-state index contributed by atoms with van der Waals surface area (Å²) >= 11 is 0. The Morgan fingerprint density at radius 3 is 2.38 bits per heavy atom. The molecule has 1 aliphatic rings. The van der Waals surface area contributed by atoms with Crippen molar-refractivity contribution in [3.8, 4) is 11.5 Å². The first kappa shape index (κ1) is 23.6. The number of fused-ring (bicyclic) bond motifs is 2. The van der Waals surface area contributed by atoms with Gasteiger partial charge in [0, 0.05) is 34.5 Å². The average molecular weight is 443 g/mol. The smallest absolute Gasteiger partial charge is 0.412 e. The zero-order valence-corrected chi connectivity index (χ0v) is 18.1. The Morgan fingerprint density at radius 1 is 0.969 bits per heavy atom. The molecule has 0 bridgehead atoms. The SMILES string of the molecule is C=CC(=O)OCCOCCOCCNC(=O)Oc1c2c(c(O)c3ccccc13)CCCC2. The van der Waals surface area contributed by atoms with Gasteiger partial charge in [-0.25, -0.2) is 9.59 Å². The highest BCUT2D eigenvalue weighted by atomic mass is 16.6. The van der Waals surface area contributed by atoms with Crippen molar-refractivity contribution < 1.29 is 33.6 Å². The number of carbonyl (C=O) groups is 2. The molecular formula is C24H29NO7. The number of ether oxygens (including phenoxy) is 4. The molecule has 0 spiro atoms. The molecule has 0 aliphatic heterocycles. The van der Waals surface area contributed by atoms with Gasteiger partial charge in [-0.1, -0.05) is 30.8 Å². The molecule has 3 rings (SSSR count). The van der Waals surface area contributed by atoms with Gasteiger partial charge in [-0.2, -0.15) is 0 Å². The van der Waals surface area contributed by atoms with Gasteiger partial charge in [0.25, 0.3) is 0 Å². The summed E-state index contributed by atoms with van der Waals surface area (Å²) < 4.78 is 21.2. The minimum Gasteiger partial charge on any atom is -0.507 e. The molecule has 0 saturated heterocycles. The third-order valence-electron chi connectivity index (χ3n) is 5.18. The Kier molecular flexibility index (Phi) is 8.89. The maximum Gasteiger partial charge on any atom is 0.412 e. The van der Waals surface area contributed by atoms with Gasteiger partial charge in [-0.3, -0.25) is 0 Å². The van der Waals surface area contributed by atoms with Gasteiger partial charge in [0.05, 0.1) is 26.4 Å². The second-order valence-corrected chi connectivity index (χ2v) is 7.30. The van der Waals surface area contributed by atoms with E-state index in [1.54, 1.807) is 0 Å². The number of hydrogen-bond acceptors (Lipinski definition) is 7. The summed E-state index contributed by atoms with van der Waals surface area (Å²) in [5, 5.41) is 14.8. The van der Waals surface area contributed by atoms with Crippen LogP contribution in [0.5, 0.6) is 11.5 Å². The molecule has 32 heavy (non-hydrogen) atoms. The fourth-order valence-corrected chi connectivity index (χ4v) is 3.68. The number of esters is 1. The lowest BCUT2D eigenvalue weighted by Gasteiger charge is -2.22. The van der Waals surface area contributed by atoms with Crippen molar-refractivity contribution in [1.29, 1.82) is 0 Å². The number of carbonyl (C=O) groups excluding carboxylic acids is 2. The van der Waals surface area contributed by atoms with E-state index in [9.17, 15) is 14.7 Å². The fourth-order valence-electron chi connectivity index (χ4n) is 3.68. The molecule has 172 valence electrons. The van der Waals surface area contributed by atoms with E-state index in [0.717, 1.165) is 48.3 Å². The van der Waals surface area contributed by atoms with Crippen LogP contribution in [-0.4, -0.2) is 56.7 Å². The van der Waals surface area contributed by atoms with E-state index in [2.05, 4.69) is 11.9 Å². The van der Waals surface area contributed by atoms with Gasteiger partial charge in [-0.15, -0.1) is 0 Å². The summed E-state index contributed by atoms with van der Waals surface area (Å²) in [6.45, 7) is 5.03. The summed E-state index contributed by atoms with van der Waals surface area (Å²) in [5.74, 6) is 0.332. The van der Waals surface area contributed by atoms with E-state index < -0.39 is 12.1 Å². The first-order valence-corrected chi connectivity index (χ1v) is 10.8. The zero-order chi connectivity index (χ0) is 22.8. The van der Waals surface area contributed by atoms with Crippen LogP contribution in [0.4, 0.5) is 4.79 Å². The molecule has 2 N–H and O–H groups in total. The Balaban J connectivity index is 1.43. The van der Waals surface area contributed by atoms with Crippen LogP contribution in [0.25, 0.3) is 10.8 Å². The molecule has 0 unspecified atom stereocenters. The second kappa shape index (κ2) is 12.1. The van der Waals surface area contributed by atoms with Gasteiger partial charge in [0.2, 0.25) is 0 Å². The van der Waals surface area contributed by atoms with Crippen molar-refractivity contribution in [2.75, 3.05) is 39.6 Å². The molecule has 0 heterocycles. The van der Waals surface area contributed by atoms with Crippen LogP contribution in [0.2, 0.25) is 0 Å². The van der Waals surface area contributed by atoms with Gasteiger partial charge < -0.3 is 29.4 Å². The molecule has 0 saturated carbocycles. The number of phenolic OH excluding ortho intramolecular Hbond substituents is 1. The number of phenols is 1. The van der Waals surface area contributed by atoms with E-state index in [1.165, 1.54) is 0 Å². The van der Waals surface area contributed by atoms with E-state index >= 15 is 0 Å². The maximum atomic E-state index is 12.4. The third-order valence-corrected chi connectivity index (χ3v) is 5.18. The molecule has 2 aromatic rings. The molecule has 0 atom stereocenters. The highest BCUT2D eigenvalue weighted by molar-refractivity contribution is 5.97. The minimum absolute atomic E-state index is 0.161. The molecule has 0 radical (unpaired) electrons. The summed E-state index contributed by atoms with van der Waals surface area (Å²) in [6.07, 6.45) is 4.08. The molecule has 1 aliphatic carbocycles. The Labute approximate surface area is 187 Å². The predicted molar refractivity (Wildman–Crippen MR) is 119 cm³/mol. The van der Waals surface area contributed by atoms with Gasteiger partial charge in [-0.05, 0) is 25.7 Å². The van der Waals surface area contributed by atoms with E-state index in [0.29, 0.717) is 31.0 Å². The second-order valence-electron chi connectivity index (χ2n) is 7.30. The maximum absolute atomic E-state index is 12.4. The largest absolute Gasteiger partial charge is 0.507 e. The number of aromatic hydroxyl groups is 1. The minimum atomic E-state index is -0.558. The number of rotatable bonds is 11. The number of amides is 1. The Morgan fingerprint density at radius 2 is 1.62 bits per heavy atom. The van der Waals surface area contributed by atoms with Crippen LogP contribution < -0.4 is 10.1 Å². The summed E-state index contributed by atoms with van der Waals surface area (Å²) in [6, 6.07) is 7.41. The quantitative estimate of drug-likeness (QED) is 0.312. The summed E-state index contributed by atoms with van der Waals surface area (Å²) in [5.41, 5.74) is 1.79. The molecule has 2 aromatic carbocycles. The molecule has 0 fully saturated rings. The van der Waals surface area contributed by atoms with Crippen LogP contribution in [0.3, 0.4) is 0 Å². The molecule has 8 heteroatoms. The van der Waals surface area contributed by atoms with Gasteiger partial charge >= 0.3 is 12.1 Å². The van der Waals surface area contributed by atoms with Crippen molar-refractivity contribution in [1.82, 2.24) is 5.32 Å². The highest BCUT2D eigenvalue weighted by Crippen LogP contribution is 2.43. The normalized spacial score (nSPS) is 12.8. The van der Waals surface area contributed by atoms with Crippen molar-refractivity contribution in [2.24, 2.45) is 0 Å². The number of hydrogen-bond donors (Lipinski definition) is 2. The number of nitrogens with one attached hydrogen (secondary N) is 1. The van der Waals surface area contributed by atoms with E-state index in [-0.39, 0.29) is 25.5 Å². The predicted octanol–water partition coefficient (Wildman–Crippen LogP) is 3.28. The van der Waals surface area contributed by atoms with Crippen LogP contribution in [0, 0.1) is 0 Å². The lowest BCUT2D eigenvalue weighted by Crippen LogP contribution is -2.31. The number of benzene rings is 2. The van der Waals surface area contributed by atoms with Crippen LogP contribution in [0.15, 0.2) is 36.9 Å². The monoisotopic (exact) mass is 443 g/mol. The average Bonchev–Trinajstić information content (AvgIpc) is 2.82. The lowest BCUT2D eigenvalue weighted by atomic mass is 9.87. The summed E-state index contributed by atoms with van der Waals surface area (Å²) in [4.78, 5) is 23.3. The molecular weight excluding hydrogens is 414 g/mol. The standard InChI is InChI=1S/C24H29NO7/c1-2-21(26)31-16-15-30-14-13-29-12-11-25-24(28)32-23-19-9-5-3-7-17(19)22(27)18-8-4-6-10-20(18)23/h2-3,5,7,9,27H,1,4,6,8,10-16H2,(H,25,28). The van der Waals surface area contributed by atoms with Gasteiger partial charge in [0.15, 0.2) is 0 Å². The van der Waals surface area contributed by atoms with E-state index in [4.69, 9.17) is 18.9 Å². The van der Waals surface area contributed by atoms with Gasteiger partial charge in [0.1, 0.15) is 18.1 Å². The van der Waals surface area contributed by atoms with E-state index in [1.807, 2.05) is 24.3 Å².